The molecule has 0 aromatic heterocycles. The van der Waals surface area contributed by atoms with Gasteiger partial charge in [-0.2, -0.15) is 0 Å². The molecule has 0 saturated heterocycles. The molecule has 4 rings (SSSR count). The minimum atomic E-state index is -1.60. The predicted octanol–water partition coefficient (Wildman–Crippen LogP) is 3.41. The van der Waals surface area contributed by atoms with Crippen LogP contribution in [0, 0.1) is 28.6 Å². The van der Waals surface area contributed by atoms with Crippen LogP contribution in [0.1, 0.15) is 46.5 Å². The minimum absolute atomic E-state index is 0.00149. The predicted molar refractivity (Wildman–Crippen MR) is 108 cm³/mol. The number of carbonyl (C=O) groups excluding carboxylic acids is 2. The highest BCUT2D eigenvalue weighted by Gasteiger charge is 2.74. The topological polar surface area (TPSA) is 74.6 Å². The fourth-order valence-electron chi connectivity index (χ4n) is 7.20. The van der Waals surface area contributed by atoms with Gasteiger partial charge in [-0.3, -0.25) is 9.59 Å². The average Bonchev–Trinajstić information content (AvgIpc) is 2.84. The van der Waals surface area contributed by atoms with Crippen molar-refractivity contribution in [1.82, 2.24) is 0 Å². The highest BCUT2D eigenvalue weighted by Crippen LogP contribution is 2.72. The Labute approximate surface area is 176 Å². The van der Waals surface area contributed by atoms with Gasteiger partial charge in [-0.25, -0.2) is 0 Å². The van der Waals surface area contributed by atoms with E-state index in [1.807, 2.05) is 19.9 Å². The number of halogens is 2. The molecule has 4 aliphatic carbocycles. The lowest BCUT2D eigenvalue weighted by Crippen LogP contribution is -2.67. The van der Waals surface area contributed by atoms with Crippen molar-refractivity contribution in [3.05, 3.63) is 23.8 Å². The molecule has 154 valence electrons. The number of hydrogen-bond donors (Lipinski definition) is 2. The summed E-state index contributed by atoms with van der Waals surface area (Å²) in [7, 11) is 0. The van der Waals surface area contributed by atoms with Gasteiger partial charge in [0, 0.05) is 10.8 Å². The first-order valence-electron chi connectivity index (χ1n) is 10.1. The molecule has 0 aromatic rings. The molecule has 4 nitrogen and oxygen atoms in total. The van der Waals surface area contributed by atoms with Gasteiger partial charge < -0.3 is 10.2 Å². The highest BCUT2D eigenvalue weighted by atomic mass is 35.5. The van der Waals surface area contributed by atoms with Crippen molar-refractivity contribution >= 4 is 34.8 Å². The molecule has 3 fully saturated rings. The third-order valence-corrected chi connectivity index (χ3v) is 10.3. The van der Waals surface area contributed by atoms with E-state index >= 15 is 0 Å². The van der Waals surface area contributed by atoms with E-state index < -0.39 is 39.1 Å². The van der Waals surface area contributed by atoms with E-state index in [9.17, 15) is 19.8 Å². The molecule has 28 heavy (non-hydrogen) atoms. The summed E-state index contributed by atoms with van der Waals surface area (Å²) >= 11 is 14.4. The standard InChI is InChI=1S/C22H28Cl2O4/c1-12-8-16-15-5-4-13-9-14(26)6-7-19(13,2)21(15,24)17(23)10-20(16,3)22(12,28)18(27)11-25/h6-7,9,12,15-17,25,28H,4-5,8,10-11H2,1-3H3/t12-,15+,16+,17-,19+,20+,21+,22+/m1/s1. The first-order chi connectivity index (χ1) is 13.0. The lowest BCUT2D eigenvalue weighted by molar-refractivity contribution is -0.167. The van der Waals surface area contributed by atoms with Crippen LogP contribution >= 0.6 is 23.2 Å². The van der Waals surface area contributed by atoms with E-state index in [1.54, 1.807) is 12.2 Å². The summed E-state index contributed by atoms with van der Waals surface area (Å²) in [5.74, 6) is -0.811. The van der Waals surface area contributed by atoms with Crippen LogP contribution in [-0.2, 0) is 9.59 Å². The largest absolute Gasteiger partial charge is 0.388 e. The smallest absolute Gasteiger partial charge is 0.190 e. The van der Waals surface area contributed by atoms with Crippen molar-refractivity contribution in [2.24, 2.45) is 28.6 Å². The maximum Gasteiger partial charge on any atom is 0.190 e. The number of fused-ring (bicyclic) bond motifs is 5. The molecule has 0 aromatic carbocycles. The van der Waals surface area contributed by atoms with E-state index in [1.165, 1.54) is 0 Å². The van der Waals surface area contributed by atoms with Crippen LogP contribution in [-0.4, -0.2) is 44.2 Å². The van der Waals surface area contributed by atoms with E-state index in [0.717, 1.165) is 18.4 Å². The Morgan fingerprint density at radius 2 is 2.00 bits per heavy atom. The number of alkyl halides is 2. The van der Waals surface area contributed by atoms with Gasteiger partial charge in [0.05, 0.1) is 10.3 Å². The minimum Gasteiger partial charge on any atom is -0.388 e. The molecule has 0 amide bonds. The Balaban J connectivity index is 1.84. The number of ketones is 2. The van der Waals surface area contributed by atoms with Crippen LogP contribution in [0.5, 0.6) is 0 Å². The zero-order chi connectivity index (χ0) is 20.7. The van der Waals surface area contributed by atoms with Crippen LogP contribution in [0.4, 0.5) is 0 Å². The maximum absolute atomic E-state index is 12.6. The summed E-state index contributed by atoms with van der Waals surface area (Å²) in [4.78, 5) is 23.8. The Morgan fingerprint density at radius 3 is 2.64 bits per heavy atom. The molecular formula is C22H28Cl2O4. The number of hydrogen-bond acceptors (Lipinski definition) is 4. The van der Waals surface area contributed by atoms with E-state index in [2.05, 4.69) is 6.92 Å². The van der Waals surface area contributed by atoms with Gasteiger partial charge >= 0.3 is 0 Å². The zero-order valence-electron chi connectivity index (χ0n) is 16.5. The second-order valence-electron chi connectivity index (χ2n) is 9.70. The number of rotatable bonds is 2. The van der Waals surface area contributed by atoms with E-state index in [4.69, 9.17) is 23.2 Å². The van der Waals surface area contributed by atoms with Gasteiger partial charge in [-0.05, 0) is 55.6 Å². The molecule has 0 spiro atoms. The Morgan fingerprint density at radius 1 is 1.32 bits per heavy atom. The van der Waals surface area contributed by atoms with Crippen molar-refractivity contribution < 1.29 is 19.8 Å². The van der Waals surface area contributed by atoms with Gasteiger partial charge in [0.1, 0.15) is 12.2 Å². The maximum atomic E-state index is 12.6. The van der Waals surface area contributed by atoms with Gasteiger partial charge in [0.25, 0.3) is 0 Å². The second-order valence-corrected chi connectivity index (χ2v) is 10.9. The normalized spacial score (nSPS) is 52.5. The summed E-state index contributed by atoms with van der Waals surface area (Å²) in [6, 6.07) is 0. The summed E-state index contributed by atoms with van der Waals surface area (Å²) in [5, 5.41) is 20.6. The first-order valence-corrected chi connectivity index (χ1v) is 10.9. The van der Waals surface area contributed by atoms with Crippen molar-refractivity contribution in [3.63, 3.8) is 0 Å². The highest BCUT2D eigenvalue weighted by molar-refractivity contribution is 6.34. The lowest BCUT2D eigenvalue weighted by Gasteiger charge is -2.63. The van der Waals surface area contributed by atoms with Crippen LogP contribution in [0.3, 0.4) is 0 Å². The molecule has 0 heterocycles. The summed E-state index contributed by atoms with van der Waals surface area (Å²) in [5.41, 5.74) is -1.86. The number of allylic oxidation sites excluding steroid dienone is 4. The molecule has 0 aliphatic heterocycles. The molecule has 0 radical (unpaired) electrons. The van der Waals surface area contributed by atoms with Gasteiger partial charge in [-0.15, -0.1) is 23.2 Å². The van der Waals surface area contributed by atoms with Crippen molar-refractivity contribution in [1.29, 1.82) is 0 Å². The van der Waals surface area contributed by atoms with E-state index in [0.29, 0.717) is 12.8 Å². The summed E-state index contributed by atoms with van der Waals surface area (Å²) in [6.45, 7) is 5.20. The Bertz CT molecular complexity index is 806. The van der Waals surface area contributed by atoms with Crippen molar-refractivity contribution in [3.8, 4) is 0 Å². The fourth-order valence-corrected chi connectivity index (χ4v) is 8.43. The van der Waals surface area contributed by atoms with Crippen LogP contribution in [0.15, 0.2) is 23.8 Å². The van der Waals surface area contributed by atoms with Gasteiger partial charge in [0.15, 0.2) is 11.6 Å². The number of aliphatic hydroxyl groups excluding tert-OH is 1. The third-order valence-electron chi connectivity index (χ3n) is 8.75. The lowest BCUT2D eigenvalue weighted by atomic mass is 9.46. The summed E-state index contributed by atoms with van der Waals surface area (Å²) < 4.78 is 0. The quantitative estimate of drug-likeness (QED) is 0.663. The average molecular weight is 427 g/mol. The molecule has 3 saturated carbocycles. The second kappa shape index (κ2) is 6.16. The number of carbonyl (C=O) groups is 2. The zero-order valence-corrected chi connectivity index (χ0v) is 18.1. The molecule has 6 heteroatoms. The molecule has 0 unspecified atom stereocenters. The Kier molecular flexibility index (Phi) is 4.53. The third kappa shape index (κ3) is 2.16. The van der Waals surface area contributed by atoms with Crippen molar-refractivity contribution in [2.75, 3.05) is 6.61 Å². The van der Waals surface area contributed by atoms with E-state index in [-0.39, 0.29) is 23.5 Å². The monoisotopic (exact) mass is 426 g/mol. The SMILES string of the molecule is C[C@@H]1C[C@H]2[C@@H]3CCC4=CC(=O)C=C[C@]4(C)[C@@]3(Cl)[C@H](Cl)C[C@]2(C)[C@@]1(O)C(=O)CO. The summed E-state index contributed by atoms with van der Waals surface area (Å²) in [6.07, 6.45) is 7.76. The van der Waals surface area contributed by atoms with Crippen LogP contribution < -0.4 is 0 Å². The van der Waals surface area contributed by atoms with Crippen LogP contribution in [0.25, 0.3) is 0 Å². The number of Topliss-reactive ketones (excluding diaryl/α,β-unsaturated/α-hetero) is 1. The van der Waals surface area contributed by atoms with Crippen LogP contribution in [0.2, 0.25) is 0 Å². The molecule has 8 atom stereocenters. The van der Waals surface area contributed by atoms with Gasteiger partial charge in [-0.1, -0.05) is 32.4 Å². The number of aliphatic hydroxyl groups is 2. The molecule has 4 aliphatic rings. The fraction of sp³-hybridized carbons (Fsp3) is 0.727. The molecule has 0 bridgehead atoms. The molecular weight excluding hydrogens is 399 g/mol. The van der Waals surface area contributed by atoms with Crippen molar-refractivity contribution in [2.45, 2.75) is 62.3 Å². The first kappa shape index (κ1) is 20.6. The molecule has 2 N–H and O–H groups in total. The Hall–Kier alpha value is -0.680. The van der Waals surface area contributed by atoms with Gasteiger partial charge in [0.2, 0.25) is 0 Å².